The maximum absolute atomic E-state index is 4.15. The fourth-order valence-electron chi connectivity index (χ4n) is 2.27. The Morgan fingerprint density at radius 2 is 1.89 bits per heavy atom. The van der Waals surface area contributed by atoms with Gasteiger partial charge in [0.15, 0.2) is 0 Å². The molecule has 0 amide bonds. The van der Waals surface area contributed by atoms with Gasteiger partial charge in [-0.3, -0.25) is 0 Å². The minimum Gasteiger partial charge on any atom is -0.307 e. The van der Waals surface area contributed by atoms with E-state index in [9.17, 15) is 0 Å². The zero-order valence-corrected chi connectivity index (χ0v) is 12.5. The number of hydrogen-bond donors (Lipinski definition) is 1. The van der Waals surface area contributed by atoms with Gasteiger partial charge in [-0.15, -0.1) is 0 Å². The average molecular weight is 245 g/mol. The molecule has 18 heavy (non-hydrogen) atoms. The Labute approximate surface area is 112 Å². The van der Waals surface area contributed by atoms with E-state index < -0.39 is 0 Å². The van der Waals surface area contributed by atoms with Crippen LogP contribution in [0.1, 0.15) is 58.2 Å². The Balaban J connectivity index is 3.16. The lowest BCUT2D eigenvalue weighted by Crippen LogP contribution is -2.26. The van der Waals surface area contributed by atoms with Crippen molar-refractivity contribution in [3.05, 3.63) is 47.5 Å². The summed E-state index contributed by atoms with van der Waals surface area (Å²) in [5.74, 6) is 0. The van der Waals surface area contributed by atoms with Crippen LogP contribution in [-0.2, 0) is 5.41 Å². The van der Waals surface area contributed by atoms with Gasteiger partial charge in [0.05, 0.1) is 6.04 Å². The number of benzene rings is 1. The lowest BCUT2D eigenvalue weighted by molar-refractivity contribution is 0.545. The molecule has 0 aliphatic heterocycles. The first-order valence-electron chi connectivity index (χ1n) is 6.86. The van der Waals surface area contributed by atoms with Crippen LogP contribution in [0.25, 0.3) is 0 Å². The van der Waals surface area contributed by atoms with E-state index in [0.29, 0.717) is 0 Å². The van der Waals surface area contributed by atoms with Crippen molar-refractivity contribution in [3.8, 4) is 0 Å². The average Bonchev–Trinajstić information content (AvgIpc) is 2.28. The highest BCUT2D eigenvalue weighted by Crippen LogP contribution is 2.32. The van der Waals surface area contributed by atoms with Crippen LogP contribution in [0.2, 0.25) is 0 Å². The molecule has 1 N–H and O–H groups in total. The van der Waals surface area contributed by atoms with Crippen molar-refractivity contribution >= 4 is 0 Å². The molecule has 100 valence electrons. The van der Waals surface area contributed by atoms with Gasteiger partial charge in [-0.2, -0.15) is 0 Å². The maximum atomic E-state index is 4.15. The van der Waals surface area contributed by atoms with E-state index in [-0.39, 0.29) is 11.5 Å². The molecule has 0 aliphatic rings. The summed E-state index contributed by atoms with van der Waals surface area (Å²) >= 11 is 0. The Morgan fingerprint density at radius 3 is 2.39 bits per heavy atom. The summed E-state index contributed by atoms with van der Waals surface area (Å²) in [5, 5.41) is 3.60. The highest BCUT2D eigenvalue weighted by molar-refractivity contribution is 5.38. The predicted molar refractivity (Wildman–Crippen MR) is 81.0 cm³/mol. The molecule has 0 radical (unpaired) electrons. The van der Waals surface area contributed by atoms with Crippen molar-refractivity contribution in [1.82, 2.24) is 5.32 Å². The van der Waals surface area contributed by atoms with Gasteiger partial charge in [0.25, 0.3) is 0 Å². The second kappa shape index (κ2) is 6.19. The molecule has 1 aromatic carbocycles. The van der Waals surface area contributed by atoms with Gasteiger partial charge in [-0.05, 0) is 36.4 Å². The van der Waals surface area contributed by atoms with E-state index in [4.69, 9.17) is 0 Å². The fourth-order valence-corrected chi connectivity index (χ4v) is 2.27. The van der Waals surface area contributed by atoms with E-state index in [1.807, 2.05) is 0 Å². The summed E-state index contributed by atoms with van der Waals surface area (Å²) in [6, 6.07) is 8.97. The Morgan fingerprint density at radius 1 is 1.28 bits per heavy atom. The molecule has 1 aromatic rings. The highest BCUT2D eigenvalue weighted by atomic mass is 14.9. The van der Waals surface area contributed by atoms with Crippen molar-refractivity contribution in [2.75, 3.05) is 6.54 Å². The van der Waals surface area contributed by atoms with Crippen molar-refractivity contribution in [2.45, 2.75) is 52.5 Å². The number of nitrogens with one attached hydrogen (secondary N) is 1. The third kappa shape index (κ3) is 3.71. The minimum absolute atomic E-state index is 0.165. The first kappa shape index (κ1) is 15.0. The topological polar surface area (TPSA) is 12.0 Å². The van der Waals surface area contributed by atoms with Crippen LogP contribution in [0.5, 0.6) is 0 Å². The molecule has 1 atom stereocenters. The Hall–Kier alpha value is -1.08. The van der Waals surface area contributed by atoms with Crippen molar-refractivity contribution in [3.63, 3.8) is 0 Å². The van der Waals surface area contributed by atoms with E-state index in [1.165, 1.54) is 16.7 Å². The molecular weight excluding hydrogens is 218 g/mol. The van der Waals surface area contributed by atoms with Crippen LogP contribution in [0.3, 0.4) is 0 Å². The first-order valence-corrected chi connectivity index (χ1v) is 6.86. The molecule has 1 heteroatoms. The largest absolute Gasteiger partial charge is 0.307 e. The molecule has 1 unspecified atom stereocenters. The lowest BCUT2D eigenvalue weighted by Gasteiger charge is -2.28. The second-order valence-corrected chi connectivity index (χ2v) is 6.07. The molecule has 0 bridgehead atoms. The summed E-state index contributed by atoms with van der Waals surface area (Å²) in [7, 11) is 0. The minimum atomic E-state index is 0.165. The Kier molecular flexibility index (Phi) is 5.15. The Bertz CT molecular complexity index is 398. The van der Waals surface area contributed by atoms with Crippen LogP contribution in [0, 0.1) is 0 Å². The van der Waals surface area contributed by atoms with Crippen LogP contribution in [0.4, 0.5) is 0 Å². The molecule has 0 saturated carbocycles. The molecule has 0 heterocycles. The van der Waals surface area contributed by atoms with E-state index in [1.54, 1.807) is 0 Å². The van der Waals surface area contributed by atoms with Crippen molar-refractivity contribution < 1.29 is 0 Å². The van der Waals surface area contributed by atoms with Crippen molar-refractivity contribution in [2.24, 2.45) is 0 Å². The molecule has 1 rings (SSSR count). The zero-order valence-electron chi connectivity index (χ0n) is 12.5. The monoisotopic (exact) mass is 245 g/mol. The molecule has 1 nitrogen and oxygen atoms in total. The SMILES string of the molecule is C=C(C)C(NCCC)c1ccccc1C(C)(C)C. The van der Waals surface area contributed by atoms with Gasteiger partial charge in [0.2, 0.25) is 0 Å². The van der Waals surface area contributed by atoms with Gasteiger partial charge in [-0.25, -0.2) is 0 Å². The maximum Gasteiger partial charge on any atom is 0.0533 e. The van der Waals surface area contributed by atoms with Crippen LogP contribution in [0.15, 0.2) is 36.4 Å². The third-order valence-corrected chi connectivity index (χ3v) is 3.17. The quantitative estimate of drug-likeness (QED) is 0.747. The summed E-state index contributed by atoms with van der Waals surface area (Å²) in [4.78, 5) is 0. The van der Waals surface area contributed by atoms with E-state index in [0.717, 1.165) is 13.0 Å². The van der Waals surface area contributed by atoms with Crippen LogP contribution < -0.4 is 5.32 Å². The highest BCUT2D eigenvalue weighted by Gasteiger charge is 2.22. The predicted octanol–water partition coefficient (Wildman–Crippen LogP) is 4.60. The second-order valence-electron chi connectivity index (χ2n) is 6.07. The van der Waals surface area contributed by atoms with Gasteiger partial charge in [-0.1, -0.05) is 64.1 Å². The van der Waals surface area contributed by atoms with Gasteiger partial charge in [0.1, 0.15) is 0 Å². The summed E-state index contributed by atoms with van der Waals surface area (Å²) in [5.41, 5.74) is 4.12. The van der Waals surface area contributed by atoms with Gasteiger partial charge >= 0.3 is 0 Å². The summed E-state index contributed by atoms with van der Waals surface area (Å²) in [6.07, 6.45) is 1.14. The van der Waals surface area contributed by atoms with Gasteiger partial charge < -0.3 is 5.32 Å². The normalized spacial score (nSPS) is 13.4. The first-order chi connectivity index (χ1) is 8.38. The fraction of sp³-hybridized carbons (Fsp3) is 0.529. The van der Waals surface area contributed by atoms with E-state index in [2.05, 4.69) is 70.8 Å². The smallest absolute Gasteiger partial charge is 0.0533 e. The summed E-state index contributed by atoms with van der Waals surface area (Å²) in [6.45, 7) is 16.3. The summed E-state index contributed by atoms with van der Waals surface area (Å²) < 4.78 is 0. The lowest BCUT2D eigenvalue weighted by atomic mass is 9.81. The van der Waals surface area contributed by atoms with Crippen molar-refractivity contribution in [1.29, 1.82) is 0 Å². The molecular formula is C17H27N. The standard InChI is InChI=1S/C17H27N/c1-7-12-18-16(13(2)3)14-10-8-9-11-15(14)17(4,5)6/h8-11,16,18H,2,7,12H2,1,3-6H3. The van der Waals surface area contributed by atoms with Gasteiger partial charge in [0, 0.05) is 0 Å². The molecule has 0 fully saturated rings. The zero-order chi connectivity index (χ0) is 13.8. The number of rotatable bonds is 5. The van der Waals surface area contributed by atoms with Crippen LogP contribution in [-0.4, -0.2) is 6.54 Å². The number of hydrogen-bond acceptors (Lipinski definition) is 1. The molecule has 0 aromatic heterocycles. The molecule has 0 saturated heterocycles. The molecule has 0 spiro atoms. The molecule has 0 aliphatic carbocycles. The third-order valence-electron chi connectivity index (χ3n) is 3.17. The van der Waals surface area contributed by atoms with E-state index >= 15 is 0 Å². The van der Waals surface area contributed by atoms with Crippen LogP contribution >= 0.6 is 0 Å².